The van der Waals surface area contributed by atoms with Crippen molar-refractivity contribution in [3.8, 4) is 0 Å². The highest BCUT2D eigenvalue weighted by Crippen LogP contribution is 2.16. The Kier molecular flexibility index (Phi) is 1.95. The van der Waals surface area contributed by atoms with E-state index < -0.39 is 0 Å². The van der Waals surface area contributed by atoms with Gasteiger partial charge in [-0.3, -0.25) is 0 Å². The van der Waals surface area contributed by atoms with Crippen LogP contribution in [0.4, 0.5) is 0 Å². The fourth-order valence-corrected chi connectivity index (χ4v) is 1.08. The summed E-state index contributed by atoms with van der Waals surface area (Å²) in [5.41, 5.74) is 2.35. The number of hydrogen-bond acceptors (Lipinski definition) is 1. The average Bonchev–Trinajstić information content (AvgIpc) is 1.88. The van der Waals surface area contributed by atoms with Crippen molar-refractivity contribution in [2.45, 2.75) is 6.42 Å². The summed E-state index contributed by atoms with van der Waals surface area (Å²) in [6, 6.07) is 0. The Morgan fingerprint density at radius 1 is 1.50 bits per heavy atom. The van der Waals surface area contributed by atoms with Crippen LogP contribution >= 0.6 is 0 Å². The van der Waals surface area contributed by atoms with Gasteiger partial charge in [0, 0.05) is 19.8 Å². The molecule has 0 atom stereocenters. The lowest BCUT2D eigenvalue weighted by Gasteiger charge is -2.19. The van der Waals surface area contributed by atoms with Crippen molar-refractivity contribution >= 4 is 0 Å². The molecule has 0 fully saturated rings. The molecule has 1 rings (SSSR count). The SMILES string of the molecule is C=C1C=CCC=C1N(C)C. The van der Waals surface area contributed by atoms with Gasteiger partial charge in [-0.2, -0.15) is 0 Å². The Labute approximate surface area is 62.3 Å². The van der Waals surface area contributed by atoms with Crippen LogP contribution < -0.4 is 0 Å². The fraction of sp³-hybridized carbons (Fsp3) is 0.333. The Hall–Kier alpha value is -0.980. The molecule has 10 heavy (non-hydrogen) atoms. The number of hydrogen-bond donors (Lipinski definition) is 0. The smallest absolute Gasteiger partial charge is 0.0391 e. The zero-order chi connectivity index (χ0) is 7.56. The summed E-state index contributed by atoms with van der Waals surface area (Å²) in [7, 11) is 4.08. The first-order chi connectivity index (χ1) is 4.72. The molecule has 1 aliphatic carbocycles. The summed E-state index contributed by atoms with van der Waals surface area (Å²) in [5.74, 6) is 0. The topological polar surface area (TPSA) is 3.24 Å². The molecule has 0 aromatic heterocycles. The lowest BCUT2D eigenvalue weighted by molar-refractivity contribution is 0.521. The highest BCUT2D eigenvalue weighted by molar-refractivity contribution is 5.39. The monoisotopic (exact) mass is 135 g/mol. The predicted octanol–water partition coefficient (Wildman–Crippen LogP) is 1.95. The summed E-state index contributed by atoms with van der Waals surface area (Å²) < 4.78 is 0. The minimum Gasteiger partial charge on any atom is -0.377 e. The first-order valence-electron chi connectivity index (χ1n) is 3.45. The van der Waals surface area contributed by atoms with E-state index in [9.17, 15) is 0 Å². The van der Waals surface area contributed by atoms with Crippen LogP contribution in [0.25, 0.3) is 0 Å². The Morgan fingerprint density at radius 2 is 2.20 bits per heavy atom. The van der Waals surface area contributed by atoms with Crippen molar-refractivity contribution in [2.75, 3.05) is 14.1 Å². The van der Waals surface area contributed by atoms with E-state index in [0.717, 1.165) is 12.0 Å². The molecule has 0 aromatic rings. The second-order valence-corrected chi connectivity index (χ2v) is 2.65. The number of allylic oxidation sites excluding steroid dienone is 3. The molecule has 0 spiro atoms. The summed E-state index contributed by atoms with van der Waals surface area (Å²) in [6.45, 7) is 3.92. The Morgan fingerprint density at radius 3 is 2.60 bits per heavy atom. The second kappa shape index (κ2) is 2.74. The molecule has 0 bridgehead atoms. The van der Waals surface area contributed by atoms with Gasteiger partial charge in [0.1, 0.15) is 0 Å². The predicted molar refractivity (Wildman–Crippen MR) is 44.7 cm³/mol. The Balaban J connectivity index is 2.76. The van der Waals surface area contributed by atoms with Crippen molar-refractivity contribution in [3.05, 3.63) is 36.1 Å². The molecule has 0 radical (unpaired) electrons. The van der Waals surface area contributed by atoms with Gasteiger partial charge in [-0.25, -0.2) is 0 Å². The first kappa shape index (κ1) is 7.13. The van der Waals surface area contributed by atoms with Crippen molar-refractivity contribution in [1.29, 1.82) is 0 Å². The number of likely N-dealkylation sites (N-methyl/N-ethyl adjacent to an activating group) is 1. The average molecular weight is 135 g/mol. The molecule has 0 amide bonds. The standard InChI is InChI=1S/C9H13N/c1-8-6-4-5-7-9(8)10(2)3/h4,6-7H,1,5H2,2-3H3. The van der Waals surface area contributed by atoms with E-state index in [2.05, 4.69) is 29.7 Å². The molecule has 1 heteroatoms. The summed E-state index contributed by atoms with van der Waals surface area (Å²) in [4.78, 5) is 2.09. The molecule has 0 saturated heterocycles. The lowest BCUT2D eigenvalue weighted by Crippen LogP contribution is -2.12. The molecule has 0 aliphatic heterocycles. The molecule has 0 heterocycles. The van der Waals surface area contributed by atoms with E-state index in [1.807, 2.05) is 14.1 Å². The fourth-order valence-electron chi connectivity index (χ4n) is 1.08. The summed E-state index contributed by atoms with van der Waals surface area (Å²) >= 11 is 0. The molecule has 0 N–H and O–H groups in total. The maximum atomic E-state index is 3.92. The van der Waals surface area contributed by atoms with Crippen molar-refractivity contribution < 1.29 is 0 Å². The Bertz CT molecular complexity index is 197. The molecule has 0 aromatic carbocycles. The van der Waals surface area contributed by atoms with Gasteiger partial charge in [-0.15, -0.1) is 0 Å². The van der Waals surface area contributed by atoms with Gasteiger partial charge in [0.05, 0.1) is 0 Å². The third kappa shape index (κ3) is 1.29. The largest absolute Gasteiger partial charge is 0.377 e. The van der Waals surface area contributed by atoms with E-state index in [0.29, 0.717) is 0 Å². The van der Waals surface area contributed by atoms with Gasteiger partial charge in [-0.05, 0) is 12.0 Å². The van der Waals surface area contributed by atoms with Gasteiger partial charge in [-0.1, -0.05) is 24.8 Å². The summed E-state index contributed by atoms with van der Waals surface area (Å²) in [5, 5.41) is 0. The minimum atomic E-state index is 1.03. The van der Waals surface area contributed by atoms with Crippen LogP contribution in [0.15, 0.2) is 36.1 Å². The quantitative estimate of drug-likeness (QED) is 0.531. The van der Waals surface area contributed by atoms with Gasteiger partial charge in [0.2, 0.25) is 0 Å². The second-order valence-electron chi connectivity index (χ2n) is 2.65. The molecule has 1 nitrogen and oxygen atoms in total. The molecular formula is C9H13N. The molecule has 54 valence electrons. The molecule has 0 unspecified atom stereocenters. The van der Waals surface area contributed by atoms with Gasteiger partial charge < -0.3 is 4.90 Å². The van der Waals surface area contributed by atoms with Crippen LogP contribution in [-0.4, -0.2) is 19.0 Å². The minimum absolute atomic E-state index is 1.03. The molecular weight excluding hydrogens is 122 g/mol. The van der Waals surface area contributed by atoms with Crippen molar-refractivity contribution in [3.63, 3.8) is 0 Å². The van der Waals surface area contributed by atoms with E-state index >= 15 is 0 Å². The van der Waals surface area contributed by atoms with Crippen LogP contribution in [0.2, 0.25) is 0 Å². The normalized spacial score (nSPS) is 17.0. The highest BCUT2D eigenvalue weighted by atomic mass is 15.1. The van der Waals surface area contributed by atoms with Crippen LogP contribution in [-0.2, 0) is 0 Å². The van der Waals surface area contributed by atoms with Gasteiger partial charge in [0.25, 0.3) is 0 Å². The van der Waals surface area contributed by atoms with Gasteiger partial charge >= 0.3 is 0 Å². The third-order valence-corrected chi connectivity index (χ3v) is 1.58. The lowest BCUT2D eigenvalue weighted by atomic mass is 10.1. The first-order valence-corrected chi connectivity index (χ1v) is 3.45. The van der Waals surface area contributed by atoms with Crippen molar-refractivity contribution in [1.82, 2.24) is 4.90 Å². The van der Waals surface area contributed by atoms with Crippen LogP contribution in [0, 0.1) is 0 Å². The zero-order valence-corrected chi connectivity index (χ0v) is 6.59. The zero-order valence-electron chi connectivity index (χ0n) is 6.59. The van der Waals surface area contributed by atoms with Crippen LogP contribution in [0.5, 0.6) is 0 Å². The number of rotatable bonds is 1. The van der Waals surface area contributed by atoms with E-state index in [4.69, 9.17) is 0 Å². The maximum absolute atomic E-state index is 3.92. The maximum Gasteiger partial charge on any atom is 0.0391 e. The highest BCUT2D eigenvalue weighted by Gasteiger charge is 2.03. The van der Waals surface area contributed by atoms with E-state index in [-0.39, 0.29) is 0 Å². The van der Waals surface area contributed by atoms with E-state index in [1.54, 1.807) is 0 Å². The van der Waals surface area contributed by atoms with Gasteiger partial charge in [0.15, 0.2) is 0 Å². The van der Waals surface area contributed by atoms with Crippen LogP contribution in [0.3, 0.4) is 0 Å². The molecule has 1 aliphatic rings. The number of nitrogens with zero attached hydrogens (tertiary/aromatic N) is 1. The third-order valence-electron chi connectivity index (χ3n) is 1.58. The van der Waals surface area contributed by atoms with Crippen LogP contribution in [0.1, 0.15) is 6.42 Å². The summed E-state index contributed by atoms with van der Waals surface area (Å²) in [6.07, 6.45) is 7.40. The van der Waals surface area contributed by atoms with E-state index in [1.165, 1.54) is 5.70 Å². The molecule has 0 saturated carbocycles. The van der Waals surface area contributed by atoms with Crippen molar-refractivity contribution in [2.24, 2.45) is 0 Å².